The zero-order valence-corrected chi connectivity index (χ0v) is 15.3. The van der Waals surface area contributed by atoms with Gasteiger partial charge in [-0.3, -0.25) is 10.1 Å². The number of fused-ring (bicyclic) bond motifs is 3. The molecule has 0 fully saturated rings. The van der Waals surface area contributed by atoms with Gasteiger partial charge in [-0.2, -0.15) is 0 Å². The Morgan fingerprint density at radius 3 is 2.61 bits per heavy atom. The maximum Gasteiger partial charge on any atom is 0.269 e. The molecule has 0 radical (unpaired) electrons. The van der Waals surface area contributed by atoms with Crippen molar-refractivity contribution in [3.8, 4) is 11.1 Å². The minimum Gasteiger partial charge on any atom is -0.377 e. The molecular weight excluding hydrogens is 348 g/mol. The van der Waals surface area contributed by atoms with Gasteiger partial charge in [-0.05, 0) is 29.0 Å². The predicted molar refractivity (Wildman–Crippen MR) is 111 cm³/mol. The van der Waals surface area contributed by atoms with Crippen LogP contribution in [-0.2, 0) is 0 Å². The van der Waals surface area contributed by atoms with E-state index in [1.807, 2.05) is 24.3 Å². The van der Waals surface area contributed by atoms with Crippen LogP contribution in [0, 0.1) is 16.0 Å². The molecule has 3 atom stereocenters. The van der Waals surface area contributed by atoms with Crippen molar-refractivity contribution in [2.24, 2.45) is 5.92 Å². The number of hydrogen-bond donors (Lipinski definition) is 1. The first kappa shape index (κ1) is 16.8. The maximum atomic E-state index is 11.3. The van der Waals surface area contributed by atoms with Crippen molar-refractivity contribution in [3.63, 3.8) is 0 Å². The van der Waals surface area contributed by atoms with Gasteiger partial charge in [0, 0.05) is 29.3 Å². The second-order valence-corrected chi connectivity index (χ2v) is 7.46. The summed E-state index contributed by atoms with van der Waals surface area (Å²) in [6.45, 7) is 0. The third kappa shape index (κ3) is 2.69. The fraction of sp³-hybridized carbons (Fsp3) is 0.167. The number of allylic oxidation sites excluding steroid dienone is 2. The molecule has 0 aromatic heterocycles. The van der Waals surface area contributed by atoms with E-state index in [1.165, 1.54) is 16.7 Å². The largest absolute Gasteiger partial charge is 0.377 e. The van der Waals surface area contributed by atoms with Crippen LogP contribution < -0.4 is 5.32 Å². The fourth-order valence-corrected chi connectivity index (χ4v) is 4.64. The Kier molecular flexibility index (Phi) is 3.97. The second-order valence-electron chi connectivity index (χ2n) is 7.46. The molecule has 4 heteroatoms. The van der Waals surface area contributed by atoms with Gasteiger partial charge in [0.1, 0.15) is 0 Å². The highest BCUT2D eigenvalue weighted by atomic mass is 16.6. The van der Waals surface area contributed by atoms with Gasteiger partial charge in [0.05, 0.1) is 11.0 Å². The SMILES string of the molecule is O=[N+]([O-])c1cccc([C@@H]2Nc3c(-c4ccccc4)cccc3[C@@H]3C=CC[C@@H]32)c1. The summed E-state index contributed by atoms with van der Waals surface area (Å²) in [5.41, 5.74) is 5.91. The summed E-state index contributed by atoms with van der Waals surface area (Å²) >= 11 is 0. The lowest BCUT2D eigenvalue weighted by molar-refractivity contribution is -0.384. The molecule has 1 N–H and O–H groups in total. The summed E-state index contributed by atoms with van der Waals surface area (Å²) in [5.74, 6) is 0.685. The van der Waals surface area contributed by atoms with E-state index < -0.39 is 0 Å². The number of para-hydroxylation sites is 1. The second kappa shape index (κ2) is 6.64. The molecule has 1 aliphatic carbocycles. The minimum absolute atomic E-state index is 0.0391. The summed E-state index contributed by atoms with van der Waals surface area (Å²) in [5, 5.41) is 15.0. The monoisotopic (exact) mass is 368 g/mol. The maximum absolute atomic E-state index is 11.3. The van der Waals surface area contributed by atoms with Gasteiger partial charge in [-0.15, -0.1) is 0 Å². The topological polar surface area (TPSA) is 55.2 Å². The number of nitro groups is 1. The van der Waals surface area contributed by atoms with E-state index in [-0.39, 0.29) is 16.7 Å². The van der Waals surface area contributed by atoms with Crippen molar-refractivity contribution >= 4 is 11.4 Å². The Morgan fingerprint density at radius 1 is 0.964 bits per heavy atom. The molecule has 0 amide bonds. The lowest BCUT2D eigenvalue weighted by Crippen LogP contribution is -2.29. The number of nitrogens with one attached hydrogen (secondary N) is 1. The first-order chi connectivity index (χ1) is 13.7. The summed E-state index contributed by atoms with van der Waals surface area (Å²) in [6, 6.07) is 23.9. The van der Waals surface area contributed by atoms with Gasteiger partial charge in [0.25, 0.3) is 5.69 Å². The lowest BCUT2D eigenvalue weighted by atomic mass is 9.76. The molecule has 28 heavy (non-hydrogen) atoms. The van der Waals surface area contributed by atoms with Crippen LogP contribution in [-0.4, -0.2) is 4.92 Å². The number of rotatable bonds is 3. The van der Waals surface area contributed by atoms with Gasteiger partial charge in [-0.1, -0.05) is 72.8 Å². The van der Waals surface area contributed by atoms with Crippen LogP contribution in [0.5, 0.6) is 0 Å². The molecule has 0 saturated heterocycles. The highest BCUT2D eigenvalue weighted by Crippen LogP contribution is 2.52. The third-order valence-corrected chi connectivity index (χ3v) is 5.92. The van der Waals surface area contributed by atoms with Crippen molar-refractivity contribution in [2.75, 3.05) is 5.32 Å². The van der Waals surface area contributed by atoms with Gasteiger partial charge < -0.3 is 5.32 Å². The number of nitrogens with zero attached hydrogens (tertiary/aromatic N) is 1. The van der Waals surface area contributed by atoms with Gasteiger partial charge in [0.2, 0.25) is 0 Å². The van der Waals surface area contributed by atoms with Crippen LogP contribution in [0.2, 0.25) is 0 Å². The molecule has 5 rings (SSSR count). The molecule has 0 saturated carbocycles. The highest BCUT2D eigenvalue weighted by molar-refractivity contribution is 5.82. The first-order valence-corrected chi connectivity index (χ1v) is 9.58. The van der Waals surface area contributed by atoms with E-state index in [0.29, 0.717) is 11.8 Å². The molecule has 3 aromatic rings. The third-order valence-electron chi connectivity index (χ3n) is 5.92. The number of nitro benzene ring substituents is 1. The van der Waals surface area contributed by atoms with Crippen LogP contribution in [0.1, 0.15) is 29.5 Å². The Labute approximate surface area is 163 Å². The molecule has 138 valence electrons. The highest BCUT2D eigenvalue weighted by Gasteiger charge is 2.39. The standard InChI is InChI=1S/C24H20N2O2/c27-26(28)18-10-4-9-17(15-18)23-21-13-6-12-20(21)22-14-5-11-19(24(22)25-23)16-7-2-1-3-8-16/h1-12,14-15,20-21,23,25H,13H2/t20-,21+,23+/m1/s1. The molecule has 2 aliphatic rings. The quantitative estimate of drug-likeness (QED) is 0.346. The van der Waals surface area contributed by atoms with Crippen molar-refractivity contribution in [3.05, 3.63) is 106 Å². The number of anilines is 1. The van der Waals surface area contributed by atoms with Crippen LogP contribution >= 0.6 is 0 Å². The lowest BCUT2D eigenvalue weighted by Gasteiger charge is -2.38. The van der Waals surface area contributed by atoms with Crippen LogP contribution in [0.3, 0.4) is 0 Å². The molecule has 0 unspecified atom stereocenters. The molecular formula is C24H20N2O2. The first-order valence-electron chi connectivity index (χ1n) is 9.58. The summed E-state index contributed by atoms with van der Waals surface area (Å²) < 4.78 is 0. The van der Waals surface area contributed by atoms with E-state index in [1.54, 1.807) is 18.2 Å². The molecule has 4 nitrogen and oxygen atoms in total. The number of benzene rings is 3. The van der Waals surface area contributed by atoms with Gasteiger partial charge in [0.15, 0.2) is 0 Å². The van der Waals surface area contributed by atoms with Crippen molar-refractivity contribution in [1.29, 1.82) is 0 Å². The Bertz CT molecular complexity index is 1070. The summed E-state index contributed by atoms with van der Waals surface area (Å²) in [7, 11) is 0. The van der Waals surface area contributed by atoms with Crippen LogP contribution in [0.4, 0.5) is 11.4 Å². The van der Waals surface area contributed by atoms with E-state index in [0.717, 1.165) is 17.7 Å². The molecule has 1 aliphatic heterocycles. The van der Waals surface area contributed by atoms with E-state index in [9.17, 15) is 10.1 Å². The van der Waals surface area contributed by atoms with E-state index >= 15 is 0 Å². The number of non-ortho nitro benzene ring substituents is 1. The van der Waals surface area contributed by atoms with Crippen molar-refractivity contribution in [1.82, 2.24) is 0 Å². The summed E-state index contributed by atoms with van der Waals surface area (Å²) in [6.07, 6.45) is 5.51. The van der Waals surface area contributed by atoms with Crippen LogP contribution in [0.25, 0.3) is 11.1 Å². The normalized spacial score (nSPS) is 22.2. The Hall–Kier alpha value is -3.40. The van der Waals surface area contributed by atoms with E-state index in [4.69, 9.17) is 0 Å². The zero-order chi connectivity index (χ0) is 19.1. The average molecular weight is 368 g/mol. The smallest absolute Gasteiger partial charge is 0.269 e. The van der Waals surface area contributed by atoms with Crippen LogP contribution in [0.15, 0.2) is 84.9 Å². The van der Waals surface area contributed by atoms with Crippen molar-refractivity contribution in [2.45, 2.75) is 18.4 Å². The zero-order valence-electron chi connectivity index (χ0n) is 15.3. The molecule has 0 spiro atoms. The van der Waals surface area contributed by atoms with Gasteiger partial charge >= 0.3 is 0 Å². The van der Waals surface area contributed by atoms with E-state index in [2.05, 4.69) is 47.8 Å². The summed E-state index contributed by atoms with van der Waals surface area (Å²) in [4.78, 5) is 11.0. The predicted octanol–water partition coefficient (Wildman–Crippen LogP) is 6.09. The van der Waals surface area contributed by atoms with Gasteiger partial charge in [-0.25, -0.2) is 0 Å². The minimum atomic E-state index is -0.319. The number of hydrogen-bond acceptors (Lipinski definition) is 3. The molecule has 3 aromatic carbocycles. The molecule has 0 bridgehead atoms. The fourth-order valence-electron chi connectivity index (χ4n) is 4.64. The Morgan fingerprint density at radius 2 is 1.79 bits per heavy atom. The Balaban J connectivity index is 1.64. The molecule has 1 heterocycles. The average Bonchev–Trinajstić information content (AvgIpc) is 3.23. The van der Waals surface area contributed by atoms with Crippen molar-refractivity contribution < 1.29 is 4.92 Å².